The minimum Gasteiger partial charge on any atom is -0.352 e. The average Bonchev–Trinajstić information content (AvgIpc) is 3.05. The van der Waals surface area contributed by atoms with E-state index in [2.05, 4.69) is 5.32 Å². The van der Waals surface area contributed by atoms with Crippen LogP contribution in [-0.4, -0.2) is 44.9 Å². The Kier molecular flexibility index (Phi) is 6.87. The fourth-order valence-electron chi connectivity index (χ4n) is 3.86. The van der Waals surface area contributed by atoms with E-state index in [0.717, 1.165) is 16.9 Å². The van der Waals surface area contributed by atoms with Crippen LogP contribution in [-0.2, 0) is 17.8 Å². The number of rotatable bonds is 8. The van der Waals surface area contributed by atoms with Crippen LogP contribution in [0.1, 0.15) is 43.9 Å². The van der Waals surface area contributed by atoms with E-state index >= 15 is 0 Å². The van der Waals surface area contributed by atoms with Crippen LogP contribution in [0.2, 0.25) is 0 Å². The highest BCUT2D eigenvalue weighted by Crippen LogP contribution is 2.18. The molecule has 1 aromatic heterocycles. The zero-order valence-corrected chi connectivity index (χ0v) is 18.1. The van der Waals surface area contributed by atoms with E-state index in [1.807, 2.05) is 79.6 Å². The van der Waals surface area contributed by atoms with Crippen molar-refractivity contribution in [1.29, 1.82) is 0 Å². The maximum Gasteiger partial charge on any atom is 0.251 e. The molecule has 0 saturated heterocycles. The third kappa shape index (κ3) is 4.87. The van der Waals surface area contributed by atoms with E-state index < -0.39 is 0 Å². The smallest absolute Gasteiger partial charge is 0.251 e. The molecule has 1 N–H and O–H groups in total. The topological polar surface area (TPSA) is 67.2 Å². The van der Waals surface area contributed by atoms with Crippen LogP contribution in [0.5, 0.6) is 0 Å². The number of para-hydroxylation sites is 2. The third-order valence-electron chi connectivity index (χ3n) is 5.10. The minimum absolute atomic E-state index is 0.0673. The normalized spacial score (nSPS) is 11.3. The Morgan fingerprint density at radius 3 is 2.27 bits per heavy atom. The summed E-state index contributed by atoms with van der Waals surface area (Å²) in [6, 6.07) is 17.2. The molecule has 1 heterocycles. The molecule has 0 fully saturated rings. The van der Waals surface area contributed by atoms with Crippen LogP contribution in [0.4, 0.5) is 0 Å². The number of imidazole rings is 1. The van der Waals surface area contributed by atoms with Gasteiger partial charge >= 0.3 is 0 Å². The van der Waals surface area contributed by atoms with Gasteiger partial charge < -0.3 is 14.8 Å². The van der Waals surface area contributed by atoms with Gasteiger partial charge in [-0.15, -0.1) is 0 Å². The van der Waals surface area contributed by atoms with Crippen molar-refractivity contribution in [3.63, 3.8) is 0 Å². The molecule has 0 saturated carbocycles. The van der Waals surface area contributed by atoms with Gasteiger partial charge in [0, 0.05) is 30.6 Å². The molecular formula is C24H30N4O2. The quantitative estimate of drug-likeness (QED) is 0.621. The second kappa shape index (κ2) is 9.57. The Hall–Kier alpha value is -3.15. The molecule has 158 valence electrons. The van der Waals surface area contributed by atoms with Crippen molar-refractivity contribution in [3.8, 4) is 0 Å². The third-order valence-corrected chi connectivity index (χ3v) is 5.10. The van der Waals surface area contributed by atoms with Crippen molar-refractivity contribution in [3.05, 3.63) is 66.0 Å². The van der Waals surface area contributed by atoms with Gasteiger partial charge in [-0.3, -0.25) is 9.59 Å². The fraction of sp³-hybridized carbons (Fsp3) is 0.375. The number of carbonyl (C=O) groups excluding carboxylic acids is 2. The standard InChI is InChI=1S/C24H30N4O2/c1-17(2)28(18(3)4)23(29)16-27-21-13-9-8-12-20(21)26-22(27)14-15-25-24(30)19-10-6-5-7-11-19/h5-13,17-18H,14-16H2,1-4H3,(H,25,30). The summed E-state index contributed by atoms with van der Waals surface area (Å²) in [6.07, 6.45) is 0.546. The van der Waals surface area contributed by atoms with Crippen LogP contribution >= 0.6 is 0 Å². The summed E-state index contributed by atoms with van der Waals surface area (Å²) in [6.45, 7) is 8.81. The monoisotopic (exact) mass is 406 g/mol. The first-order valence-corrected chi connectivity index (χ1v) is 10.5. The summed E-state index contributed by atoms with van der Waals surface area (Å²) in [4.78, 5) is 32.0. The average molecular weight is 407 g/mol. The molecular weight excluding hydrogens is 376 g/mol. The number of amides is 2. The van der Waals surface area contributed by atoms with Crippen molar-refractivity contribution >= 4 is 22.8 Å². The Bertz CT molecular complexity index is 1000. The van der Waals surface area contributed by atoms with Crippen LogP contribution < -0.4 is 5.32 Å². The van der Waals surface area contributed by atoms with Crippen molar-refractivity contribution in [2.45, 2.75) is 52.7 Å². The highest BCUT2D eigenvalue weighted by Gasteiger charge is 2.22. The van der Waals surface area contributed by atoms with Gasteiger partial charge in [0.15, 0.2) is 0 Å². The lowest BCUT2D eigenvalue weighted by atomic mass is 10.2. The molecule has 0 bridgehead atoms. The predicted molar refractivity (Wildman–Crippen MR) is 119 cm³/mol. The van der Waals surface area contributed by atoms with Gasteiger partial charge in [0.05, 0.1) is 11.0 Å². The van der Waals surface area contributed by atoms with E-state index in [-0.39, 0.29) is 30.4 Å². The molecule has 0 spiro atoms. The molecule has 2 aromatic carbocycles. The van der Waals surface area contributed by atoms with E-state index in [1.165, 1.54) is 0 Å². The number of benzene rings is 2. The summed E-state index contributed by atoms with van der Waals surface area (Å²) in [5.74, 6) is 0.753. The number of hydrogen-bond acceptors (Lipinski definition) is 3. The molecule has 30 heavy (non-hydrogen) atoms. The molecule has 0 aliphatic rings. The number of aromatic nitrogens is 2. The fourth-order valence-corrected chi connectivity index (χ4v) is 3.86. The summed E-state index contributed by atoms with van der Waals surface area (Å²) in [5.41, 5.74) is 2.42. The van der Waals surface area contributed by atoms with Gasteiger partial charge in [-0.2, -0.15) is 0 Å². The molecule has 3 rings (SSSR count). The molecule has 0 aliphatic heterocycles. The van der Waals surface area contributed by atoms with Crippen LogP contribution in [0.15, 0.2) is 54.6 Å². The zero-order chi connectivity index (χ0) is 21.7. The number of nitrogens with one attached hydrogen (secondary N) is 1. The van der Waals surface area contributed by atoms with Crippen LogP contribution in [0.3, 0.4) is 0 Å². The summed E-state index contributed by atoms with van der Waals surface area (Å²) >= 11 is 0. The van der Waals surface area contributed by atoms with E-state index in [0.29, 0.717) is 18.5 Å². The van der Waals surface area contributed by atoms with E-state index in [9.17, 15) is 9.59 Å². The maximum absolute atomic E-state index is 13.1. The summed E-state index contributed by atoms with van der Waals surface area (Å²) < 4.78 is 1.98. The lowest BCUT2D eigenvalue weighted by molar-refractivity contribution is -0.135. The lowest BCUT2D eigenvalue weighted by Gasteiger charge is -2.31. The largest absolute Gasteiger partial charge is 0.352 e. The van der Waals surface area contributed by atoms with Crippen molar-refractivity contribution < 1.29 is 9.59 Å². The summed E-state index contributed by atoms with van der Waals surface area (Å²) in [7, 11) is 0. The number of fused-ring (bicyclic) bond motifs is 1. The number of carbonyl (C=O) groups is 2. The molecule has 0 unspecified atom stereocenters. The number of hydrogen-bond donors (Lipinski definition) is 1. The summed E-state index contributed by atoms with van der Waals surface area (Å²) in [5, 5.41) is 2.94. The number of nitrogens with zero attached hydrogens (tertiary/aromatic N) is 3. The van der Waals surface area contributed by atoms with Gasteiger partial charge in [-0.05, 0) is 52.0 Å². The van der Waals surface area contributed by atoms with Crippen molar-refractivity contribution in [1.82, 2.24) is 19.8 Å². The molecule has 0 aliphatic carbocycles. The van der Waals surface area contributed by atoms with Gasteiger partial charge in [0.25, 0.3) is 5.91 Å². The molecule has 2 amide bonds. The second-order valence-electron chi connectivity index (χ2n) is 7.96. The van der Waals surface area contributed by atoms with Gasteiger partial charge in [0.1, 0.15) is 12.4 Å². The lowest BCUT2D eigenvalue weighted by Crippen LogP contribution is -2.43. The SMILES string of the molecule is CC(C)N(C(=O)Cn1c(CCNC(=O)c2ccccc2)nc2ccccc21)C(C)C. The highest BCUT2D eigenvalue weighted by molar-refractivity contribution is 5.94. The Labute approximate surface area is 177 Å². The molecule has 0 radical (unpaired) electrons. The zero-order valence-electron chi connectivity index (χ0n) is 18.1. The Balaban J connectivity index is 1.78. The minimum atomic E-state index is -0.111. The highest BCUT2D eigenvalue weighted by atomic mass is 16.2. The maximum atomic E-state index is 13.1. The van der Waals surface area contributed by atoms with Gasteiger partial charge in [0.2, 0.25) is 5.91 Å². The first-order valence-electron chi connectivity index (χ1n) is 10.5. The van der Waals surface area contributed by atoms with Crippen LogP contribution in [0, 0.1) is 0 Å². The predicted octanol–water partition coefficient (Wildman–Crippen LogP) is 3.65. The Morgan fingerprint density at radius 2 is 1.60 bits per heavy atom. The van der Waals surface area contributed by atoms with E-state index in [1.54, 1.807) is 12.1 Å². The van der Waals surface area contributed by atoms with Crippen molar-refractivity contribution in [2.24, 2.45) is 0 Å². The van der Waals surface area contributed by atoms with Gasteiger partial charge in [-0.25, -0.2) is 4.98 Å². The van der Waals surface area contributed by atoms with E-state index in [4.69, 9.17) is 4.98 Å². The Morgan fingerprint density at radius 1 is 0.967 bits per heavy atom. The molecule has 6 heteroatoms. The first kappa shape index (κ1) is 21.6. The van der Waals surface area contributed by atoms with Crippen LogP contribution in [0.25, 0.3) is 11.0 Å². The molecule has 6 nitrogen and oxygen atoms in total. The molecule has 3 aromatic rings. The van der Waals surface area contributed by atoms with Crippen molar-refractivity contribution in [2.75, 3.05) is 6.54 Å². The molecule has 0 atom stereocenters. The first-order chi connectivity index (χ1) is 14.4. The van der Waals surface area contributed by atoms with Gasteiger partial charge in [-0.1, -0.05) is 30.3 Å². The second-order valence-corrected chi connectivity index (χ2v) is 7.96.